The van der Waals surface area contributed by atoms with Crippen LogP contribution >= 0.6 is 0 Å². The molecule has 0 radical (unpaired) electrons. The van der Waals surface area contributed by atoms with Crippen molar-refractivity contribution in [3.8, 4) is 0 Å². The predicted octanol–water partition coefficient (Wildman–Crippen LogP) is 1.99. The Morgan fingerprint density at radius 3 is 1.58 bits per heavy atom. The molecule has 0 aromatic carbocycles. The number of carbonyl (C=O) groups is 1. The van der Waals surface area contributed by atoms with Gasteiger partial charge in [-0.3, -0.25) is 0 Å². The van der Waals surface area contributed by atoms with Crippen LogP contribution in [0.25, 0.3) is 0 Å². The maximum absolute atomic E-state index is 12.8. The molecular formula is C7H5F9O3. The van der Waals surface area contributed by atoms with Gasteiger partial charge in [-0.15, -0.1) is 0 Å². The number of hydrogen-bond donors (Lipinski definition) is 1. The van der Waals surface area contributed by atoms with Crippen LogP contribution in [-0.2, 0) is 9.53 Å². The van der Waals surface area contributed by atoms with Gasteiger partial charge in [0.05, 0.1) is 7.11 Å². The molecule has 0 aromatic heterocycles. The molecule has 19 heavy (non-hydrogen) atoms. The van der Waals surface area contributed by atoms with Gasteiger partial charge >= 0.3 is 29.9 Å². The van der Waals surface area contributed by atoms with Crippen LogP contribution in [0, 0.1) is 0 Å². The summed E-state index contributed by atoms with van der Waals surface area (Å²) in [6, 6.07) is 0. The van der Waals surface area contributed by atoms with Crippen molar-refractivity contribution in [2.75, 3.05) is 7.11 Å². The lowest BCUT2D eigenvalue weighted by molar-refractivity contribution is -0.404. The largest absolute Gasteiger partial charge is 0.467 e. The number of methoxy groups -OCH3 is 1. The van der Waals surface area contributed by atoms with E-state index in [2.05, 4.69) is 4.74 Å². The summed E-state index contributed by atoms with van der Waals surface area (Å²) in [6.07, 6.45) is -11.2. The van der Waals surface area contributed by atoms with Crippen LogP contribution < -0.4 is 0 Å². The lowest BCUT2D eigenvalue weighted by atomic mass is 9.99. The SMILES string of the molecule is COC(=O)C(O)C(F)(F)C(F)(F)C(F)(F)C(F)(F)F. The highest BCUT2D eigenvalue weighted by Gasteiger charge is 2.83. The summed E-state index contributed by atoms with van der Waals surface area (Å²) in [5.74, 6) is -23.1. The molecule has 0 fully saturated rings. The van der Waals surface area contributed by atoms with E-state index in [1.165, 1.54) is 0 Å². The Kier molecular flexibility index (Phi) is 4.42. The van der Waals surface area contributed by atoms with Crippen LogP contribution in [0.2, 0.25) is 0 Å². The number of ether oxygens (including phenoxy) is 1. The average molecular weight is 308 g/mol. The Morgan fingerprint density at radius 2 is 1.32 bits per heavy atom. The number of rotatable bonds is 4. The first-order valence-electron chi connectivity index (χ1n) is 4.10. The molecule has 0 amide bonds. The van der Waals surface area contributed by atoms with Gasteiger partial charge in [-0.25, -0.2) is 4.79 Å². The summed E-state index contributed by atoms with van der Waals surface area (Å²) < 4.78 is 114. The zero-order chi connectivity index (χ0) is 15.9. The van der Waals surface area contributed by atoms with Gasteiger partial charge in [-0.05, 0) is 0 Å². The van der Waals surface area contributed by atoms with Crippen molar-refractivity contribution >= 4 is 5.97 Å². The fourth-order valence-electron chi connectivity index (χ4n) is 0.819. The highest BCUT2D eigenvalue weighted by molar-refractivity contribution is 5.75. The van der Waals surface area contributed by atoms with Gasteiger partial charge in [0.2, 0.25) is 6.10 Å². The monoisotopic (exact) mass is 308 g/mol. The van der Waals surface area contributed by atoms with E-state index in [0.717, 1.165) is 0 Å². The third kappa shape index (κ3) is 2.58. The van der Waals surface area contributed by atoms with Crippen molar-refractivity contribution in [3.63, 3.8) is 0 Å². The molecule has 1 atom stereocenters. The molecule has 0 saturated carbocycles. The van der Waals surface area contributed by atoms with Crippen LogP contribution in [0.3, 0.4) is 0 Å². The minimum Gasteiger partial charge on any atom is -0.467 e. The molecule has 0 aliphatic carbocycles. The summed E-state index contributed by atoms with van der Waals surface area (Å²) in [5, 5.41) is 8.40. The highest BCUT2D eigenvalue weighted by atomic mass is 19.4. The Bertz CT molecular complexity index is 348. The van der Waals surface area contributed by atoms with Gasteiger partial charge in [0.15, 0.2) is 0 Å². The van der Waals surface area contributed by atoms with Crippen molar-refractivity contribution in [1.82, 2.24) is 0 Å². The second kappa shape index (κ2) is 4.72. The fraction of sp³-hybridized carbons (Fsp3) is 0.857. The molecule has 1 N–H and O–H groups in total. The van der Waals surface area contributed by atoms with E-state index in [1.807, 2.05) is 0 Å². The lowest BCUT2D eigenvalue weighted by Gasteiger charge is -2.34. The number of halogens is 9. The number of alkyl halides is 9. The number of hydrogen-bond acceptors (Lipinski definition) is 3. The maximum atomic E-state index is 12.8. The van der Waals surface area contributed by atoms with Crippen molar-refractivity contribution in [3.05, 3.63) is 0 Å². The normalized spacial score (nSPS) is 16.2. The first-order valence-corrected chi connectivity index (χ1v) is 4.10. The number of aliphatic hydroxyl groups excluding tert-OH is 1. The van der Waals surface area contributed by atoms with Gasteiger partial charge in [-0.1, -0.05) is 0 Å². The molecule has 0 aliphatic rings. The molecule has 114 valence electrons. The first kappa shape index (κ1) is 17.8. The zero-order valence-electron chi connectivity index (χ0n) is 8.74. The molecule has 0 aliphatic heterocycles. The summed E-state index contributed by atoms with van der Waals surface area (Å²) >= 11 is 0. The third-order valence-corrected chi connectivity index (χ3v) is 1.94. The van der Waals surface area contributed by atoms with E-state index in [4.69, 9.17) is 5.11 Å². The van der Waals surface area contributed by atoms with Crippen LogP contribution in [0.15, 0.2) is 0 Å². The van der Waals surface area contributed by atoms with Gasteiger partial charge in [0.1, 0.15) is 0 Å². The van der Waals surface area contributed by atoms with Crippen LogP contribution in [0.5, 0.6) is 0 Å². The van der Waals surface area contributed by atoms with E-state index in [0.29, 0.717) is 7.11 Å². The highest BCUT2D eigenvalue weighted by Crippen LogP contribution is 2.54. The van der Waals surface area contributed by atoms with Crippen LogP contribution in [0.4, 0.5) is 39.5 Å². The second-order valence-electron chi connectivity index (χ2n) is 3.20. The molecule has 0 saturated heterocycles. The van der Waals surface area contributed by atoms with Crippen molar-refractivity contribution in [2.24, 2.45) is 0 Å². The molecule has 0 rings (SSSR count). The average Bonchev–Trinajstić information content (AvgIpc) is 2.24. The Labute approximate surface area is 98.5 Å². The summed E-state index contributed by atoms with van der Waals surface area (Å²) in [6.45, 7) is 0. The minimum absolute atomic E-state index is 0.321. The van der Waals surface area contributed by atoms with Crippen molar-refractivity contribution < 1.29 is 54.2 Å². The number of aliphatic hydroxyl groups is 1. The topological polar surface area (TPSA) is 46.5 Å². The Balaban J connectivity index is 5.70. The zero-order valence-corrected chi connectivity index (χ0v) is 8.74. The molecule has 0 heterocycles. The summed E-state index contributed by atoms with van der Waals surface area (Å²) in [7, 11) is 0.321. The van der Waals surface area contributed by atoms with E-state index < -0.39 is 36.0 Å². The van der Waals surface area contributed by atoms with Crippen LogP contribution in [-0.4, -0.2) is 48.2 Å². The maximum Gasteiger partial charge on any atom is 0.460 e. The molecular weight excluding hydrogens is 303 g/mol. The Morgan fingerprint density at radius 1 is 0.947 bits per heavy atom. The molecule has 0 spiro atoms. The molecule has 0 bridgehead atoms. The molecule has 3 nitrogen and oxygen atoms in total. The predicted molar refractivity (Wildman–Crippen MR) is 38.9 cm³/mol. The van der Waals surface area contributed by atoms with Gasteiger partial charge < -0.3 is 9.84 Å². The van der Waals surface area contributed by atoms with Crippen molar-refractivity contribution in [2.45, 2.75) is 30.0 Å². The standard InChI is InChI=1S/C7H5F9O3/c1-19-3(18)2(17)4(8,9)5(10,11)6(12,13)7(14,15)16/h2,17H,1H3. The number of carbonyl (C=O) groups excluding carboxylic acids is 1. The molecule has 0 aromatic rings. The van der Waals surface area contributed by atoms with Gasteiger partial charge in [0, 0.05) is 0 Å². The van der Waals surface area contributed by atoms with Crippen molar-refractivity contribution in [1.29, 1.82) is 0 Å². The van der Waals surface area contributed by atoms with E-state index in [1.54, 1.807) is 0 Å². The number of esters is 1. The third-order valence-electron chi connectivity index (χ3n) is 1.94. The van der Waals surface area contributed by atoms with E-state index >= 15 is 0 Å². The Hall–Kier alpha value is -1.20. The first-order chi connectivity index (χ1) is 8.14. The van der Waals surface area contributed by atoms with Gasteiger partial charge in [0.25, 0.3) is 0 Å². The summed E-state index contributed by atoms with van der Waals surface area (Å²) in [4.78, 5) is 10.4. The molecule has 1 unspecified atom stereocenters. The van der Waals surface area contributed by atoms with Gasteiger partial charge in [-0.2, -0.15) is 39.5 Å². The fourth-order valence-corrected chi connectivity index (χ4v) is 0.819. The second-order valence-corrected chi connectivity index (χ2v) is 3.20. The minimum atomic E-state index is -7.17. The quantitative estimate of drug-likeness (QED) is 0.638. The van der Waals surface area contributed by atoms with E-state index in [-0.39, 0.29) is 0 Å². The van der Waals surface area contributed by atoms with Crippen LogP contribution in [0.1, 0.15) is 0 Å². The lowest BCUT2D eigenvalue weighted by Crippen LogP contribution is -2.65. The molecule has 12 heteroatoms. The smallest absolute Gasteiger partial charge is 0.460 e. The summed E-state index contributed by atoms with van der Waals surface area (Å²) in [5.41, 5.74) is 0. The van der Waals surface area contributed by atoms with E-state index in [9.17, 15) is 44.3 Å².